The van der Waals surface area contributed by atoms with Crippen LogP contribution < -0.4 is 10.2 Å². The van der Waals surface area contributed by atoms with E-state index in [4.69, 9.17) is 0 Å². The van der Waals surface area contributed by atoms with Crippen LogP contribution in [-0.4, -0.2) is 58.5 Å². The number of carbonyl (C=O) groups is 1. The van der Waals surface area contributed by atoms with Crippen LogP contribution in [-0.2, 0) is 16.9 Å². The number of piperazine rings is 1. The van der Waals surface area contributed by atoms with Crippen LogP contribution in [0.5, 0.6) is 0 Å². The van der Waals surface area contributed by atoms with Crippen molar-refractivity contribution in [3.8, 4) is 0 Å². The summed E-state index contributed by atoms with van der Waals surface area (Å²) in [6.07, 6.45) is -2.01. The molecule has 1 aromatic carbocycles. The molecule has 0 unspecified atom stereocenters. The van der Waals surface area contributed by atoms with Crippen LogP contribution in [0.3, 0.4) is 0 Å². The van der Waals surface area contributed by atoms with Gasteiger partial charge in [0.15, 0.2) is 0 Å². The molecule has 3 atom stereocenters. The number of carbonyl (C=O) groups excluding carboxylic acids is 1. The summed E-state index contributed by atoms with van der Waals surface area (Å²) in [7, 11) is 0. The van der Waals surface area contributed by atoms with E-state index in [9.17, 15) is 26.7 Å². The molecule has 6 nitrogen and oxygen atoms in total. The molecule has 0 saturated carbocycles. The minimum atomic E-state index is -4.45. The number of halogens is 5. The largest absolute Gasteiger partial charge is 0.416 e. The number of nitrogens with one attached hydrogen (secondary N) is 1. The summed E-state index contributed by atoms with van der Waals surface area (Å²) < 4.78 is 68.3. The molecule has 2 aromatic rings. The Morgan fingerprint density at radius 1 is 1.08 bits per heavy atom. The van der Waals surface area contributed by atoms with Gasteiger partial charge >= 0.3 is 6.18 Å². The van der Waals surface area contributed by atoms with Crippen molar-refractivity contribution in [2.45, 2.75) is 75.5 Å². The van der Waals surface area contributed by atoms with E-state index in [1.54, 1.807) is 11.8 Å². The summed E-state index contributed by atoms with van der Waals surface area (Å²) in [4.78, 5) is 25.7. The third kappa shape index (κ3) is 4.97. The summed E-state index contributed by atoms with van der Waals surface area (Å²) in [6, 6.07) is 4.65. The number of aromatic nitrogens is 2. The highest BCUT2D eigenvalue weighted by atomic mass is 19.4. The first-order chi connectivity index (χ1) is 17.8. The third-order valence-electron chi connectivity index (χ3n) is 8.08. The number of rotatable bonds is 4. The van der Waals surface area contributed by atoms with Crippen LogP contribution in [0.1, 0.15) is 74.3 Å². The fourth-order valence-corrected chi connectivity index (χ4v) is 6.14. The van der Waals surface area contributed by atoms with Gasteiger partial charge in [0.05, 0.1) is 11.5 Å². The monoisotopic (exact) mass is 537 g/mol. The SMILES string of the molecule is C[C@@H]1CC(F)(F)c2ncnc(N3CCN(C(=O)[C@@H](c4ccc(C(F)(F)F)cc4)[C@@H]4CCC(C)(C)N4)CC3)c21. The van der Waals surface area contributed by atoms with Gasteiger partial charge in [0, 0.05) is 49.7 Å². The first kappa shape index (κ1) is 26.8. The maximum atomic E-state index is 14.4. The van der Waals surface area contributed by atoms with Crippen molar-refractivity contribution >= 4 is 11.7 Å². The number of amides is 1. The van der Waals surface area contributed by atoms with Gasteiger partial charge in [0.1, 0.15) is 17.8 Å². The molecule has 0 bridgehead atoms. The van der Waals surface area contributed by atoms with Crippen molar-refractivity contribution in [2.75, 3.05) is 31.1 Å². The molecule has 2 aliphatic heterocycles. The summed E-state index contributed by atoms with van der Waals surface area (Å²) in [6.45, 7) is 7.38. The van der Waals surface area contributed by atoms with Gasteiger partial charge in [-0.1, -0.05) is 19.1 Å². The number of anilines is 1. The van der Waals surface area contributed by atoms with Crippen LogP contribution in [0, 0.1) is 0 Å². The molecule has 0 radical (unpaired) electrons. The first-order valence-corrected chi connectivity index (χ1v) is 13.0. The summed E-state index contributed by atoms with van der Waals surface area (Å²) >= 11 is 0. The van der Waals surface area contributed by atoms with Gasteiger partial charge in [0.25, 0.3) is 5.92 Å². The predicted molar refractivity (Wildman–Crippen MR) is 132 cm³/mol. The second-order valence-corrected chi connectivity index (χ2v) is 11.4. The molecule has 206 valence electrons. The Morgan fingerprint density at radius 3 is 2.32 bits per heavy atom. The highest BCUT2D eigenvalue weighted by Gasteiger charge is 2.47. The second-order valence-electron chi connectivity index (χ2n) is 11.4. The summed E-state index contributed by atoms with van der Waals surface area (Å²) in [5, 5.41) is 3.50. The lowest BCUT2D eigenvalue weighted by Crippen LogP contribution is -2.53. The van der Waals surface area contributed by atoms with Crippen molar-refractivity contribution in [1.29, 1.82) is 0 Å². The Labute approximate surface area is 218 Å². The van der Waals surface area contributed by atoms with E-state index < -0.39 is 23.6 Å². The Bertz CT molecular complexity index is 1190. The van der Waals surface area contributed by atoms with Crippen molar-refractivity contribution in [1.82, 2.24) is 20.2 Å². The lowest BCUT2D eigenvalue weighted by molar-refractivity contribution is -0.137. The van der Waals surface area contributed by atoms with E-state index >= 15 is 0 Å². The van der Waals surface area contributed by atoms with E-state index in [1.807, 2.05) is 18.7 Å². The lowest BCUT2D eigenvalue weighted by Gasteiger charge is -2.39. The molecule has 3 heterocycles. The van der Waals surface area contributed by atoms with Gasteiger partial charge in [-0.3, -0.25) is 4.79 Å². The number of fused-ring (bicyclic) bond motifs is 1. The van der Waals surface area contributed by atoms with Crippen molar-refractivity contribution < 1.29 is 26.7 Å². The van der Waals surface area contributed by atoms with Gasteiger partial charge in [-0.25, -0.2) is 9.97 Å². The maximum Gasteiger partial charge on any atom is 0.416 e. The van der Waals surface area contributed by atoms with E-state index in [0.29, 0.717) is 43.1 Å². The molecule has 1 amide bonds. The van der Waals surface area contributed by atoms with E-state index in [1.165, 1.54) is 18.5 Å². The van der Waals surface area contributed by atoms with Gasteiger partial charge in [-0.2, -0.15) is 22.0 Å². The normalized spacial score (nSPS) is 25.4. The summed E-state index contributed by atoms with van der Waals surface area (Å²) in [5.41, 5.74) is -0.133. The number of nitrogens with zero attached hydrogens (tertiary/aromatic N) is 4. The minimum absolute atomic E-state index is 0.146. The number of benzene rings is 1. The van der Waals surface area contributed by atoms with E-state index in [2.05, 4.69) is 15.3 Å². The first-order valence-electron chi connectivity index (χ1n) is 13.0. The topological polar surface area (TPSA) is 61.4 Å². The Balaban J connectivity index is 1.35. The van der Waals surface area contributed by atoms with Gasteiger partial charge < -0.3 is 15.1 Å². The van der Waals surface area contributed by atoms with Crippen LogP contribution in [0.4, 0.5) is 27.8 Å². The quantitative estimate of drug-likeness (QED) is 0.553. The van der Waals surface area contributed by atoms with Crippen LogP contribution in [0.15, 0.2) is 30.6 Å². The second kappa shape index (κ2) is 9.43. The molecule has 38 heavy (non-hydrogen) atoms. The predicted octanol–water partition coefficient (Wildman–Crippen LogP) is 5.06. The average Bonchev–Trinajstić information content (AvgIpc) is 3.33. The molecule has 1 N–H and O–H groups in total. The fraction of sp³-hybridized carbons (Fsp3) is 0.593. The minimum Gasteiger partial charge on any atom is -0.353 e. The van der Waals surface area contributed by atoms with Crippen LogP contribution >= 0.6 is 0 Å². The molecular formula is C27H32F5N5O. The molecule has 0 spiro atoms. The molecular weight excluding hydrogens is 505 g/mol. The van der Waals surface area contributed by atoms with Crippen molar-refractivity contribution in [2.24, 2.45) is 0 Å². The van der Waals surface area contributed by atoms with E-state index in [-0.39, 0.29) is 35.5 Å². The van der Waals surface area contributed by atoms with Crippen LogP contribution in [0.2, 0.25) is 0 Å². The average molecular weight is 538 g/mol. The van der Waals surface area contributed by atoms with Gasteiger partial charge in [-0.15, -0.1) is 0 Å². The molecule has 2 saturated heterocycles. The third-order valence-corrected chi connectivity index (χ3v) is 8.08. The zero-order valence-corrected chi connectivity index (χ0v) is 21.7. The Kier molecular flexibility index (Phi) is 6.64. The number of hydrogen-bond donors (Lipinski definition) is 1. The standard InChI is InChI=1S/C27H32F5N5O/c1-16-14-26(28,29)22-20(16)23(34-15-33-22)36-10-12-37(13-11-36)24(38)21(19-8-9-25(2,3)35-19)17-4-6-18(7-5-17)27(30,31)32/h4-7,15-16,19,21,35H,8-14H2,1-3H3/t16-,19+,21+/m1/s1. The highest BCUT2D eigenvalue weighted by molar-refractivity contribution is 5.85. The summed E-state index contributed by atoms with van der Waals surface area (Å²) in [5.74, 6) is -3.65. The van der Waals surface area contributed by atoms with Gasteiger partial charge in [0.2, 0.25) is 5.91 Å². The number of alkyl halides is 5. The van der Waals surface area contributed by atoms with Gasteiger partial charge in [-0.05, 0) is 50.3 Å². The van der Waals surface area contributed by atoms with E-state index in [0.717, 1.165) is 25.0 Å². The molecule has 5 rings (SSSR count). The Morgan fingerprint density at radius 2 is 1.74 bits per heavy atom. The zero-order chi connectivity index (χ0) is 27.5. The molecule has 1 aliphatic carbocycles. The van der Waals surface area contributed by atoms with Crippen molar-refractivity contribution in [3.05, 3.63) is 53.0 Å². The highest BCUT2D eigenvalue weighted by Crippen LogP contribution is 2.49. The van der Waals surface area contributed by atoms with Crippen molar-refractivity contribution in [3.63, 3.8) is 0 Å². The molecule has 2 fully saturated rings. The lowest BCUT2D eigenvalue weighted by atomic mass is 9.88. The zero-order valence-electron chi connectivity index (χ0n) is 21.7. The molecule has 11 heteroatoms. The maximum absolute atomic E-state index is 14.4. The smallest absolute Gasteiger partial charge is 0.353 e. The molecule has 1 aromatic heterocycles. The fourth-order valence-electron chi connectivity index (χ4n) is 6.14. The number of hydrogen-bond acceptors (Lipinski definition) is 5. The Hall–Kier alpha value is -2.82. The molecule has 3 aliphatic rings. The van der Waals surface area contributed by atoms with Crippen LogP contribution in [0.25, 0.3) is 0 Å².